The second kappa shape index (κ2) is 4.63. The third-order valence-corrected chi connectivity index (χ3v) is 3.41. The van der Waals surface area contributed by atoms with Crippen molar-refractivity contribution in [2.24, 2.45) is 0 Å². The van der Waals surface area contributed by atoms with Crippen molar-refractivity contribution in [3.63, 3.8) is 0 Å². The van der Waals surface area contributed by atoms with Crippen LogP contribution in [0.15, 0.2) is 24.3 Å². The van der Waals surface area contributed by atoms with Crippen molar-refractivity contribution in [3.05, 3.63) is 29.8 Å². The number of rotatable bonds is 3. The Hall–Kier alpha value is -2.37. The van der Waals surface area contributed by atoms with Crippen LogP contribution in [0.5, 0.6) is 0 Å². The van der Waals surface area contributed by atoms with E-state index in [0.29, 0.717) is 11.3 Å². The first kappa shape index (κ1) is 12.7. The maximum atomic E-state index is 12.0. The SMILES string of the molecule is C[C@@H]1NC(=O)N(c2cccc(C(=O)NC3CC3)c2)C1=O. The van der Waals surface area contributed by atoms with Gasteiger partial charge in [0.1, 0.15) is 6.04 Å². The number of amides is 4. The van der Waals surface area contributed by atoms with Crippen LogP contribution < -0.4 is 15.5 Å². The van der Waals surface area contributed by atoms with E-state index < -0.39 is 12.1 Å². The second-order valence-electron chi connectivity index (χ2n) is 5.14. The number of hydrogen-bond acceptors (Lipinski definition) is 3. The van der Waals surface area contributed by atoms with Crippen LogP contribution >= 0.6 is 0 Å². The zero-order valence-corrected chi connectivity index (χ0v) is 11.1. The quantitative estimate of drug-likeness (QED) is 0.807. The van der Waals surface area contributed by atoms with Gasteiger partial charge in [-0.05, 0) is 38.0 Å². The number of carbonyl (C=O) groups is 3. The average molecular weight is 273 g/mol. The highest BCUT2D eigenvalue weighted by Crippen LogP contribution is 2.22. The molecule has 2 fully saturated rings. The van der Waals surface area contributed by atoms with E-state index in [0.717, 1.165) is 17.7 Å². The lowest BCUT2D eigenvalue weighted by molar-refractivity contribution is -0.117. The molecule has 1 aliphatic heterocycles. The van der Waals surface area contributed by atoms with Crippen LogP contribution in [0.3, 0.4) is 0 Å². The molecular formula is C14H15N3O3. The third-order valence-electron chi connectivity index (χ3n) is 3.41. The summed E-state index contributed by atoms with van der Waals surface area (Å²) in [7, 11) is 0. The Labute approximate surface area is 116 Å². The van der Waals surface area contributed by atoms with Crippen molar-refractivity contribution in [3.8, 4) is 0 Å². The second-order valence-corrected chi connectivity index (χ2v) is 5.14. The van der Waals surface area contributed by atoms with Crippen LogP contribution in [0.4, 0.5) is 10.5 Å². The minimum atomic E-state index is -0.536. The number of anilines is 1. The van der Waals surface area contributed by atoms with Crippen LogP contribution in [0.1, 0.15) is 30.1 Å². The highest BCUT2D eigenvalue weighted by atomic mass is 16.2. The summed E-state index contributed by atoms with van der Waals surface area (Å²) < 4.78 is 0. The summed E-state index contributed by atoms with van der Waals surface area (Å²) in [5.74, 6) is -0.482. The number of benzene rings is 1. The normalized spacial score (nSPS) is 21.9. The topological polar surface area (TPSA) is 78.5 Å². The molecule has 6 heteroatoms. The van der Waals surface area contributed by atoms with Crippen molar-refractivity contribution < 1.29 is 14.4 Å². The molecule has 6 nitrogen and oxygen atoms in total. The smallest absolute Gasteiger partial charge is 0.329 e. The first-order valence-electron chi connectivity index (χ1n) is 6.61. The van der Waals surface area contributed by atoms with E-state index in [-0.39, 0.29) is 17.9 Å². The van der Waals surface area contributed by atoms with Crippen LogP contribution in [-0.2, 0) is 4.79 Å². The van der Waals surface area contributed by atoms with E-state index in [1.165, 1.54) is 0 Å². The van der Waals surface area contributed by atoms with E-state index in [1.807, 2.05) is 0 Å². The van der Waals surface area contributed by atoms with Gasteiger partial charge < -0.3 is 10.6 Å². The number of nitrogens with one attached hydrogen (secondary N) is 2. The summed E-state index contributed by atoms with van der Waals surface area (Å²) in [5, 5.41) is 5.42. The molecule has 3 rings (SSSR count). The number of hydrogen-bond donors (Lipinski definition) is 2. The lowest BCUT2D eigenvalue weighted by Gasteiger charge is -2.13. The fourth-order valence-corrected chi connectivity index (χ4v) is 2.13. The largest absolute Gasteiger partial charge is 0.349 e. The molecule has 1 atom stereocenters. The highest BCUT2D eigenvalue weighted by Gasteiger charge is 2.36. The van der Waals surface area contributed by atoms with Gasteiger partial charge >= 0.3 is 6.03 Å². The molecule has 2 N–H and O–H groups in total. The summed E-state index contributed by atoms with van der Waals surface area (Å²) >= 11 is 0. The van der Waals surface area contributed by atoms with Gasteiger partial charge in [-0.1, -0.05) is 6.07 Å². The fraction of sp³-hybridized carbons (Fsp3) is 0.357. The average Bonchev–Trinajstić information content (AvgIpc) is 3.18. The lowest BCUT2D eigenvalue weighted by Crippen LogP contribution is -2.31. The predicted octanol–water partition coefficient (Wildman–Crippen LogP) is 1.02. The molecule has 2 aliphatic rings. The van der Waals surface area contributed by atoms with Crippen molar-refractivity contribution in [1.82, 2.24) is 10.6 Å². The van der Waals surface area contributed by atoms with Gasteiger partial charge in [-0.3, -0.25) is 9.59 Å². The van der Waals surface area contributed by atoms with Gasteiger partial charge in [0.05, 0.1) is 5.69 Å². The van der Waals surface area contributed by atoms with Gasteiger partial charge in [0.15, 0.2) is 0 Å². The molecule has 1 heterocycles. The first-order chi connectivity index (χ1) is 9.56. The Bertz CT molecular complexity index is 595. The maximum absolute atomic E-state index is 12.0. The van der Waals surface area contributed by atoms with E-state index >= 15 is 0 Å². The monoisotopic (exact) mass is 273 g/mol. The number of urea groups is 1. The standard InChI is InChI=1S/C14H15N3O3/c1-8-13(19)17(14(20)15-8)11-4-2-3-9(7-11)12(18)16-10-5-6-10/h2-4,7-8,10H,5-6H2,1H3,(H,15,20)(H,16,18)/t8-/m0/s1. The molecule has 1 aromatic rings. The minimum absolute atomic E-state index is 0.172. The van der Waals surface area contributed by atoms with Gasteiger partial charge in [-0.2, -0.15) is 0 Å². The summed E-state index contributed by atoms with van der Waals surface area (Å²) in [6.45, 7) is 1.63. The summed E-state index contributed by atoms with van der Waals surface area (Å²) in [6.07, 6.45) is 2.02. The Morgan fingerprint density at radius 1 is 1.35 bits per heavy atom. The molecule has 4 amide bonds. The summed E-state index contributed by atoms with van der Waals surface area (Å²) in [5.41, 5.74) is 0.870. The van der Waals surface area contributed by atoms with E-state index in [9.17, 15) is 14.4 Å². The Morgan fingerprint density at radius 3 is 2.70 bits per heavy atom. The van der Waals surface area contributed by atoms with Gasteiger partial charge in [0.2, 0.25) is 0 Å². The van der Waals surface area contributed by atoms with Crippen molar-refractivity contribution in [2.45, 2.75) is 31.8 Å². The van der Waals surface area contributed by atoms with Gasteiger partial charge in [-0.25, -0.2) is 9.69 Å². The van der Waals surface area contributed by atoms with E-state index in [4.69, 9.17) is 0 Å². The van der Waals surface area contributed by atoms with Gasteiger partial charge in [0.25, 0.3) is 11.8 Å². The van der Waals surface area contributed by atoms with E-state index in [2.05, 4.69) is 10.6 Å². The third kappa shape index (κ3) is 2.24. The molecule has 1 aromatic carbocycles. The summed E-state index contributed by atoms with van der Waals surface area (Å²) in [6, 6.07) is 5.82. The van der Waals surface area contributed by atoms with Crippen molar-refractivity contribution in [1.29, 1.82) is 0 Å². The predicted molar refractivity (Wildman–Crippen MR) is 72.4 cm³/mol. The molecule has 0 aromatic heterocycles. The minimum Gasteiger partial charge on any atom is -0.349 e. The molecule has 104 valence electrons. The van der Waals surface area contributed by atoms with Crippen molar-refractivity contribution in [2.75, 3.05) is 4.90 Å². The first-order valence-corrected chi connectivity index (χ1v) is 6.61. The van der Waals surface area contributed by atoms with Crippen LogP contribution in [0.2, 0.25) is 0 Å². The number of nitrogens with zero attached hydrogens (tertiary/aromatic N) is 1. The van der Waals surface area contributed by atoms with Crippen LogP contribution in [0, 0.1) is 0 Å². The fourth-order valence-electron chi connectivity index (χ4n) is 2.13. The summed E-state index contributed by atoms with van der Waals surface area (Å²) in [4.78, 5) is 36.7. The molecule has 0 spiro atoms. The van der Waals surface area contributed by atoms with Gasteiger partial charge in [-0.15, -0.1) is 0 Å². The maximum Gasteiger partial charge on any atom is 0.329 e. The van der Waals surface area contributed by atoms with Crippen LogP contribution in [0.25, 0.3) is 0 Å². The molecule has 1 saturated carbocycles. The molecule has 0 radical (unpaired) electrons. The molecule has 20 heavy (non-hydrogen) atoms. The Morgan fingerprint density at radius 2 is 2.10 bits per heavy atom. The molecule has 1 saturated heterocycles. The number of imide groups is 1. The highest BCUT2D eigenvalue weighted by molar-refractivity contribution is 6.21. The number of carbonyl (C=O) groups excluding carboxylic acids is 3. The van der Waals surface area contributed by atoms with Gasteiger partial charge in [0, 0.05) is 11.6 Å². The van der Waals surface area contributed by atoms with Crippen LogP contribution in [-0.4, -0.2) is 29.9 Å². The lowest BCUT2D eigenvalue weighted by atomic mass is 10.1. The Kier molecular flexibility index (Phi) is 2.93. The molecule has 1 aliphatic carbocycles. The Balaban J connectivity index is 1.85. The zero-order chi connectivity index (χ0) is 14.3. The van der Waals surface area contributed by atoms with Crippen molar-refractivity contribution >= 4 is 23.5 Å². The zero-order valence-electron chi connectivity index (χ0n) is 11.1. The van der Waals surface area contributed by atoms with E-state index in [1.54, 1.807) is 31.2 Å². The molecule has 0 unspecified atom stereocenters. The molecule has 0 bridgehead atoms. The molecular weight excluding hydrogens is 258 g/mol.